The van der Waals surface area contributed by atoms with Gasteiger partial charge in [0.15, 0.2) is 0 Å². The Labute approximate surface area is 111 Å². The number of piperazine rings is 1. The van der Waals surface area contributed by atoms with E-state index in [1.165, 1.54) is 0 Å². The first-order valence-electron chi connectivity index (χ1n) is 6.29. The van der Waals surface area contributed by atoms with Crippen molar-refractivity contribution in [2.75, 3.05) is 39.3 Å². The van der Waals surface area contributed by atoms with E-state index in [1.54, 1.807) is 17.5 Å². The lowest BCUT2D eigenvalue weighted by Crippen LogP contribution is -2.49. The van der Waals surface area contributed by atoms with Gasteiger partial charge in [-0.2, -0.15) is 0 Å². The molecule has 2 heterocycles. The monoisotopic (exact) mass is 269 g/mol. The summed E-state index contributed by atoms with van der Waals surface area (Å²) in [7, 11) is 0. The van der Waals surface area contributed by atoms with Crippen molar-refractivity contribution >= 4 is 17.2 Å². The Kier molecular flexibility index (Phi) is 5.10. The van der Waals surface area contributed by atoms with Gasteiger partial charge in [-0.3, -0.25) is 9.69 Å². The van der Waals surface area contributed by atoms with Crippen LogP contribution in [0, 0.1) is 0 Å². The molecule has 6 heteroatoms. The topological polar surface area (TPSA) is 56.7 Å². The van der Waals surface area contributed by atoms with Crippen LogP contribution in [0.5, 0.6) is 0 Å². The van der Waals surface area contributed by atoms with Gasteiger partial charge in [-0.05, 0) is 0 Å². The summed E-state index contributed by atoms with van der Waals surface area (Å²) in [4.78, 5) is 20.3. The smallest absolute Gasteiger partial charge is 0.223 e. The normalized spacial score (nSPS) is 17.1. The van der Waals surface area contributed by atoms with Crippen LogP contribution in [0.25, 0.3) is 0 Å². The quantitative estimate of drug-likeness (QED) is 0.830. The van der Waals surface area contributed by atoms with Crippen LogP contribution in [0.1, 0.15) is 11.4 Å². The fourth-order valence-electron chi connectivity index (χ4n) is 2.11. The predicted octanol–water partition coefficient (Wildman–Crippen LogP) is 0.212. The average Bonchev–Trinajstić information content (AvgIpc) is 2.90. The van der Waals surface area contributed by atoms with E-state index in [-0.39, 0.29) is 12.5 Å². The van der Waals surface area contributed by atoms with Crippen LogP contribution in [-0.2, 0) is 11.2 Å². The molecule has 5 nitrogen and oxygen atoms in total. The highest BCUT2D eigenvalue weighted by atomic mass is 32.1. The van der Waals surface area contributed by atoms with Crippen LogP contribution in [0.2, 0.25) is 0 Å². The molecule has 0 aliphatic carbocycles. The first kappa shape index (κ1) is 13.5. The summed E-state index contributed by atoms with van der Waals surface area (Å²) in [5.74, 6) is 0.217. The van der Waals surface area contributed by atoms with Gasteiger partial charge in [0.25, 0.3) is 0 Å². The fraction of sp³-hybridized carbons (Fsp3) is 0.667. The molecule has 100 valence electrons. The standard InChI is InChI=1S/C12H19N3O2S/c16-9-8-14-4-6-15(7-5-14)12(17)2-1-11-13-3-10-18-11/h3,10,16H,1-2,4-9H2. The highest BCUT2D eigenvalue weighted by molar-refractivity contribution is 7.09. The molecule has 0 aromatic carbocycles. The number of aromatic nitrogens is 1. The third-order valence-corrected chi connectivity index (χ3v) is 4.02. The van der Waals surface area contributed by atoms with E-state index in [1.807, 2.05) is 10.3 Å². The van der Waals surface area contributed by atoms with E-state index >= 15 is 0 Å². The number of carbonyl (C=O) groups is 1. The highest BCUT2D eigenvalue weighted by Gasteiger charge is 2.20. The molecule has 0 saturated carbocycles. The highest BCUT2D eigenvalue weighted by Crippen LogP contribution is 2.09. The molecule has 0 bridgehead atoms. The number of hydrogen-bond donors (Lipinski definition) is 1. The van der Waals surface area contributed by atoms with Crippen molar-refractivity contribution in [1.82, 2.24) is 14.8 Å². The van der Waals surface area contributed by atoms with Gasteiger partial charge in [0.1, 0.15) is 0 Å². The number of thiazole rings is 1. The molecule has 0 spiro atoms. The molecule has 1 fully saturated rings. The molecular weight excluding hydrogens is 250 g/mol. The summed E-state index contributed by atoms with van der Waals surface area (Å²) >= 11 is 1.60. The van der Waals surface area contributed by atoms with Crippen molar-refractivity contribution in [1.29, 1.82) is 0 Å². The number of aliphatic hydroxyl groups excluding tert-OH is 1. The zero-order chi connectivity index (χ0) is 12.8. The van der Waals surface area contributed by atoms with Gasteiger partial charge >= 0.3 is 0 Å². The Hall–Kier alpha value is -0.980. The van der Waals surface area contributed by atoms with Crippen molar-refractivity contribution in [3.05, 3.63) is 16.6 Å². The van der Waals surface area contributed by atoms with Crippen LogP contribution in [0.4, 0.5) is 0 Å². The molecule has 1 aliphatic rings. The number of hydrogen-bond acceptors (Lipinski definition) is 5. The lowest BCUT2D eigenvalue weighted by atomic mass is 10.2. The van der Waals surface area contributed by atoms with Crippen LogP contribution < -0.4 is 0 Å². The number of aryl methyl sites for hydroxylation is 1. The summed E-state index contributed by atoms with van der Waals surface area (Å²) < 4.78 is 0. The predicted molar refractivity (Wildman–Crippen MR) is 70.5 cm³/mol. The number of aliphatic hydroxyl groups is 1. The molecule has 1 N–H and O–H groups in total. The van der Waals surface area contributed by atoms with Crippen LogP contribution in [0.15, 0.2) is 11.6 Å². The van der Waals surface area contributed by atoms with E-state index in [0.29, 0.717) is 13.0 Å². The second-order valence-corrected chi connectivity index (χ2v) is 5.35. The molecular formula is C12H19N3O2S. The number of amides is 1. The number of rotatable bonds is 5. The summed E-state index contributed by atoms with van der Waals surface area (Å²) in [5.41, 5.74) is 0. The summed E-state index contributed by atoms with van der Waals surface area (Å²) in [6.45, 7) is 4.18. The van der Waals surface area contributed by atoms with Crippen molar-refractivity contribution < 1.29 is 9.90 Å². The van der Waals surface area contributed by atoms with Crippen molar-refractivity contribution in [3.8, 4) is 0 Å². The molecule has 0 atom stereocenters. The minimum atomic E-state index is 0.192. The molecule has 0 radical (unpaired) electrons. The minimum absolute atomic E-state index is 0.192. The lowest BCUT2D eigenvalue weighted by Gasteiger charge is -2.34. The van der Waals surface area contributed by atoms with E-state index < -0.39 is 0 Å². The second-order valence-electron chi connectivity index (χ2n) is 4.37. The van der Waals surface area contributed by atoms with Crippen molar-refractivity contribution in [2.45, 2.75) is 12.8 Å². The molecule has 1 amide bonds. The first-order valence-corrected chi connectivity index (χ1v) is 7.17. The Bertz CT molecular complexity index is 361. The van der Waals surface area contributed by atoms with Crippen LogP contribution >= 0.6 is 11.3 Å². The summed E-state index contributed by atoms with van der Waals surface area (Å²) in [6.07, 6.45) is 3.07. The average molecular weight is 269 g/mol. The zero-order valence-electron chi connectivity index (χ0n) is 10.4. The Morgan fingerprint density at radius 1 is 1.39 bits per heavy atom. The maximum atomic E-state index is 12.0. The van der Waals surface area contributed by atoms with Crippen LogP contribution in [0.3, 0.4) is 0 Å². The van der Waals surface area contributed by atoms with Crippen molar-refractivity contribution in [2.24, 2.45) is 0 Å². The van der Waals surface area contributed by atoms with Gasteiger partial charge in [-0.15, -0.1) is 11.3 Å². The molecule has 18 heavy (non-hydrogen) atoms. The molecule has 1 aliphatic heterocycles. The van der Waals surface area contributed by atoms with Gasteiger partial charge < -0.3 is 10.0 Å². The van der Waals surface area contributed by atoms with Gasteiger partial charge in [-0.25, -0.2) is 4.98 Å². The summed E-state index contributed by atoms with van der Waals surface area (Å²) in [5, 5.41) is 11.8. The number of β-amino-alcohol motifs (C(OH)–C–C–N with tert-alkyl or cyclic N) is 1. The van der Waals surface area contributed by atoms with Crippen LogP contribution in [-0.4, -0.2) is 65.1 Å². The van der Waals surface area contributed by atoms with Gasteiger partial charge in [0.2, 0.25) is 5.91 Å². The fourth-order valence-corrected chi connectivity index (χ4v) is 2.73. The van der Waals surface area contributed by atoms with Gasteiger partial charge in [-0.1, -0.05) is 0 Å². The maximum absolute atomic E-state index is 12.0. The Morgan fingerprint density at radius 3 is 2.78 bits per heavy atom. The SMILES string of the molecule is O=C(CCc1nccs1)N1CCN(CCO)CC1. The lowest BCUT2D eigenvalue weighted by molar-refractivity contribution is -0.132. The first-order chi connectivity index (χ1) is 8.79. The Balaban J connectivity index is 1.70. The number of nitrogens with zero attached hydrogens (tertiary/aromatic N) is 3. The molecule has 1 aromatic rings. The van der Waals surface area contributed by atoms with E-state index in [0.717, 1.165) is 37.6 Å². The van der Waals surface area contributed by atoms with E-state index in [9.17, 15) is 4.79 Å². The Morgan fingerprint density at radius 2 is 2.17 bits per heavy atom. The summed E-state index contributed by atoms with van der Waals surface area (Å²) in [6, 6.07) is 0. The third-order valence-electron chi connectivity index (χ3n) is 3.18. The molecule has 2 rings (SSSR count). The number of carbonyl (C=O) groups excluding carboxylic acids is 1. The van der Waals surface area contributed by atoms with E-state index in [2.05, 4.69) is 9.88 Å². The zero-order valence-corrected chi connectivity index (χ0v) is 11.2. The molecule has 1 saturated heterocycles. The van der Waals surface area contributed by atoms with Crippen molar-refractivity contribution in [3.63, 3.8) is 0 Å². The minimum Gasteiger partial charge on any atom is -0.395 e. The van der Waals surface area contributed by atoms with Gasteiger partial charge in [0.05, 0.1) is 11.6 Å². The largest absolute Gasteiger partial charge is 0.395 e. The van der Waals surface area contributed by atoms with E-state index in [4.69, 9.17) is 5.11 Å². The van der Waals surface area contributed by atoms with Gasteiger partial charge in [0, 0.05) is 57.1 Å². The molecule has 0 unspecified atom stereocenters. The second kappa shape index (κ2) is 6.82. The maximum Gasteiger partial charge on any atom is 0.223 e. The third kappa shape index (κ3) is 3.76. The molecule has 1 aromatic heterocycles.